The van der Waals surface area contributed by atoms with E-state index in [-0.39, 0.29) is 0 Å². The quantitative estimate of drug-likeness (QED) is 0.733. The van der Waals surface area contributed by atoms with E-state index in [0.717, 1.165) is 25.2 Å². The summed E-state index contributed by atoms with van der Waals surface area (Å²) >= 11 is 0. The maximum Gasteiger partial charge on any atom is 0.0468 e. The van der Waals surface area contributed by atoms with Crippen LogP contribution in [0.1, 0.15) is 44.9 Å². The standard InChI is InChI=1S/C12H23NO/c1-2-4-12(13-7-3-1)10-11-5-8-14-9-6-11/h11-13H,1-10H2. The molecule has 2 saturated heterocycles. The summed E-state index contributed by atoms with van der Waals surface area (Å²) in [5.41, 5.74) is 0. The molecule has 0 bridgehead atoms. The second kappa shape index (κ2) is 5.72. The van der Waals surface area contributed by atoms with Gasteiger partial charge in [-0.3, -0.25) is 0 Å². The Morgan fingerprint density at radius 3 is 2.71 bits per heavy atom. The van der Waals surface area contributed by atoms with E-state index in [2.05, 4.69) is 5.32 Å². The minimum Gasteiger partial charge on any atom is -0.381 e. The van der Waals surface area contributed by atoms with Crippen molar-refractivity contribution < 1.29 is 4.74 Å². The molecule has 82 valence electrons. The Balaban J connectivity index is 1.71. The van der Waals surface area contributed by atoms with E-state index in [1.807, 2.05) is 0 Å². The van der Waals surface area contributed by atoms with E-state index >= 15 is 0 Å². The lowest BCUT2D eigenvalue weighted by Gasteiger charge is -2.26. The zero-order chi connectivity index (χ0) is 9.64. The molecule has 2 heterocycles. The van der Waals surface area contributed by atoms with Crippen LogP contribution in [0, 0.1) is 5.92 Å². The molecule has 14 heavy (non-hydrogen) atoms. The first-order valence-electron chi connectivity index (χ1n) is 6.26. The highest BCUT2D eigenvalue weighted by atomic mass is 16.5. The van der Waals surface area contributed by atoms with E-state index in [4.69, 9.17) is 4.74 Å². The average Bonchev–Trinajstić information content (AvgIpc) is 2.48. The van der Waals surface area contributed by atoms with Crippen molar-refractivity contribution >= 4 is 0 Å². The van der Waals surface area contributed by atoms with Gasteiger partial charge in [0, 0.05) is 19.3 Å². The summed E-state index contributed by atoms with van der Waals surface area (Å²) < 4.78 is 5.39. The Labute approximate surface area is 87.4 Å². The molecule has 0 aromatic heterocycles. The monoisotopic (exact) mass is 197 g/mol. The Kier molecular flexibility index (Phi) is 4.26. The van der Waals surface area contributed by atoms with Crippen LogP contribution in [-0.2, 0) is 4.74 Å². The molecule has 1 atom stereocenters. The molecule has 1 N–H and O–H groups in total. The molecule has 2 aliphatic heterocycles. The molecule has 0 aromatic rings. The smallest absolute Gasteiger partial charge is 0.0468 e. The number of hydrogen-bond acceptors (Lipinski definition) is 2. The van der Waals surface area contributed by atoms with Crippen LogP contribution in [0.25, 0.3) is 0 Å². The van der Waals surface area contributed by atoms with Crippen molar-refractivity contribution in [3.8, 4) is 0 Å². The molecule has 2 heteroatoms. The first-order valence-corrected chi connectivity index (χ1v) is 6.26. The first kappa shape index (κ1) is 10.4. The number of rotatable bonds is 2. The maximum atomic E-state index is 5.39. The Morgan fingerprint density at radius 1 is 1.00 bits per heavy atom. The van der Waals surface area contributed by atoms with E-state index in [9.17, 15) is 0 Å². The summed E-state index contributed by atoms with van der Waals surface area (Å²) in [5.74, 6) is 0.930. The summed E-state index contributed by atoms with van der Waals surface area (Å²) in [4.78, 5) is 0. The van der Waals surface area contributed by atoms with Crippen LogP contribution in [0.2, 0.25) is 0 Å². The SMILES string of the molecule is C1CCNC(CC2CCOCC2)CC1. The fraction of sp³-hybridized carbons (Fsp3) is 1.00. The second-order valence-corrected chi connectivity index (χ2v) is 4.79. The van der Waals surface area contributed by atoms with Crippen LogP contribution in [0.3, 0.4) is 0 Å². The van der Waals surface area contributed by atoms with Crippen LogP contribution < -0.4 is 5.32 Å². The number of hydrogen-bond donors (Lipinski definition) is 1. The molecule has 2 aliphatic rings. The predicted octanol–water partition coefficient (Wildman–Crippen LogP) is 2.34. The molecule has 2 nitrogen and oxygen atoms in total. The van der Waals surface area contributed by atoms with E-state index in [1.165, 1.54) is 51.5 Å². The van der Waals surface area contributed by atoms with Crippen LogP contribution in [0.15, 0.2) is 0 Å². The molecule has 0 amide bonds. The molecular weight excluding hydrogens is 174 g/mol. The van der Waals surface area contributed by atoms with E-state index in [1.54, 1.807) is 0 Å². The highest BCUT2D eigenvalue weighted by molar-refractivity contribution is 4.75. The van der Waals surface area contributed by atoms with Gasteiger partial charge in [-0.15, -0.1) is 0 Å². The zero-order valence-corrected chi connectivity index (χ0v) is 9.13. The number of ether oxygens (including phenoxy) is 1. The van der Waals surface area contributed by atoms with Crippen molar-refractivity contribution in [2.24, 2.45) is 5.92 Å². The molecule has 0 aromatic carbocycles. The molecule has 0 spiro atoms. The molecule has 2 rings (SSSR count). The van der Waals surface area contributed by atoms with Crippen LogP contribution in [0.4, 0.5) is 0 Å². The van der Waals surface area contributed by atoms with Gasteiger partial charge < -0.3 is 10.1 Å². The van der Waals surface area contributed by atoms with Crippen LogP contribution >= 0.6 is 0 Å². The van der Waals surface area contributed by atoms with Crippen molar-refractivity contribution in [2.75, 3.05) is 19.8 Å². The summed E-state index contributed by atoms with van der Waals surface area (Å²) in [6.45, 7) is 3.24. The fourth-order valence-corrected chi connectivity index (χ4v) is 2.69. The van der Waals surface area contributed by atoms with Gasteiger partial charge in [-0.2, -0.15) is 0 Å². The van der Waals surface area contributed by atoms with Gasteiger partial charge in [-0.05, 0) is 44.6 Å². The molecule has 2 fully saturated rings. The fourth-order valence-electron chi connectivity index (χ4n) is 2.69. The molecule has 0 saturated carbocycles. The Hall–Kier alpha value is -0.0800. The third kappa shape index (κ3) is 3.25. The van der Waals surface area contributed by atoms with Crippen molar-refractivity contribution in [2.45, 2.75) is 51.0 Å². The van der Waals surface area contributed by atoms with Gasteiger partial charge in [0.05, 0.1) is 0 Å². The van der Waals surface area contributed by atoms with Gasteiger partial charge in [0.1, 0.15) is 0 Å². The summed E-state index contributed by atoms with van der Waals surface area (Å²) in [6, 6.07) is 0.806. The van der Waals surface area contributed by atoms with Gasteiger partial charge in [0.2, 0.25) is 0 Å². The molecular formula is C12H23NO. The minimum atomic E-state index is 0.806. The zero-order valence-electron chi connectivity index (χ0n) is 9.13. The maximum absolute atomic E-state index is 5.39. The lowest BCUT2D eigenvalue weighted by molar-refractivity contribution is 0.0604. The average molecular weight is 197 g/mol. The Morgan fingerprint density at radius 2 is 1.86 bits per heavy atom. The first-order chi connectivity index (χ1) is 6.95. The van der Waals surface area contributed by atoms with E-state index in [0.29, 0.717) is 0 Å². The predicted molar refractivity (Wildman–Crippen MR) is 58.4 cm³/mol. The van der Waals surface area contributed by atoms with Gasteiger partial charge in [-0.1, -0.05) is 12.8 Å². The summed E-state index contributed by atoms with van der Waals surface area (Å²) in [5, 5.41) is 3.69. The topological polar surface area (TPSA) is 21.3 Å². The number of nitrogens with one attached hydrogen (secondary N) is 1. The van der Waals surface area contributed by atoms with Crippen LogP contribution in [0.5, 0.6) is 0 Å². The molecule has 1 unspecified atom stereocenters. The highest BCUT2D eigenvalue weighted by Crippen LogP contribution is 2.23. The third-order valence-corrected chi connectivity index (χ3v) is 3.62. The lowest BCUT2D eigenvalue weighted by atomic mass is 9.91. The van der Waals surface area contributed by atoms with E-state index < -0.39 is 0 Å². The van der Waals surface area contributed by atoms with Gasteiger partial charge in [0.25, 0.3) is 0 Å². The van der Waals surface area contributed by atoms with Crippen LogP contribution in [-0.4, -0.2) is 25.8 Å². The summed E-state index contributed by atoms with van der Waals surface area (Å²) in [7, 11) is 0. The van der Waals surface area contributed by atoms with Crippen molar-refractivity contribution in [3.63, 3.8) is 0 Å². The van der Waals surface area contributed by atoms with Gasteiger partial charge in [0.15, 0.2) is 0 Å². The Bertz CT molecular complexity index is 146. The van der Waals surface area contributed by atoms with Crippen molar-refractivity contribution in [1.82, 2.24) is 5.32 Å². The minimum absolute atomic E-state index is 0.806. The van der Waals surface area contributed by atoms with Gasteiger partial charge in [-0.25, -0.2) is 0 Å². The summed E-state index contributed by atoms with van der Waals surface area (Å²) in [6.07, 6.45) is 9.61. The highest BCUT2D eigenvalue weighted by Gasteiger charge is 2.19. The third-order valence-electron chi connectivity index (χ3n) is 3.62. The molecule has 0 radical (unpaired) electrons. The lowest BCUT2D eigenvalue weighted by Crippen LogP contribution is -2.32. The van der Waals surface area contributed by atoms with Crippen molar-refractivity contribution in [1.29, 1.82) is 0 Å². The van der Waals surface area contributed by atoms with Crippen molar-refractivity contribution in [3.05, 3.63) is 0 Å². The largest absolute Gasteiger partial charge is 0.381 e. The second-order valence-electron chi connectivity index (χ2n) is 4.79. The normalized spacial score (nSPS) is 31.3. The van der Waals surface area contributed by atoms with Gasteiger partial charge >= 0.3 is 0 Å². The molecule has 0 aliphatic carbocycles.